The van der Waals surface area contributed by atoms with E-state index in [4.69, 9.17) is 4.74 Å². The normalized spacial score (nSPS) is 12.9. The van der Waals surface area contributed by atoms with Crippen LogP contribution in [-0.4, -0.2) is 26.8 Å². The van der Waals surface area contributed by atoms with Gasteiger partial charge in [-0.2, -0.15) is 0 Å². The second kappa shape index (κ2) is 8.68. The van der Waals surface area contributed by atoms with Crippen molar-refractivity contribution in [3.8, 4) is 0 Å². The average molecular weight is 314 g/mol. The number of methoxy groups -OCH3 is 1. The van der Waals surface area contributed by atoms with E-state index in [0.717, 1.165) is 30.6 Å². The lowest BCUT2D eigenvalue weighted by Gasteiger charge is -2.19. The average Bonchev–Trinajstić information content (AvgIpc) is 2.34. The summed E-state index contributed by atoms with van der Waals surface area (Å²) in [5.74, 6) is 1.22. The van der Waals surface area contributed by atoms with Crippen LogP contribution in [0.3, 0.4) is 0 Å². The van der Waals surface area contributed by atoms with Crippen molar-refractivity contribution in [1.29, 1.82) is 0 Å². The Balaban J connectivity index is 2.56. The summed E-state index contributed by atoms with van der Waals surface area (Å²) < 4.78 is 6.34. The molecule has 0 bridgehead atoms. The van der Waals surface area contributed by atoms with Crippen molar-refractivity contribution in [2.45, 2.75) is 26.2 Å². The molecule has 0 aliphatic carbocycles. The second-order valence-corrected chi connectivity index (χ2v) is 6.00. The van der Waals surface area contributed by atoms with Crippen molar-refractivity contribution < 1.29 is 4.74 Å². The van der Waals surface area contributed by atoms with E-state index in [0.29, 0.717) is 11.8 Å². The third-order valence-corrected chi connectivity index (χ3v) is 3.48. The molecule has 1 unspecified atom stereocenters. The molecule has 3 heteroatoms. The van der Waals surface area contributed by atoms with E-state index in [1.54, 1.807) is 7.11 Å². The van der Waals surface area contributed by atoms with Gasteiger partial charge in [-0.1, -0.05) is 41.9 Å². The van der Waals surface area contributed by atoms with E-state index >= 15 is 0 Å². The van der Waals surface area contributed by atoms with Crippen molar-refractivity contribution >= 4 is 15.9 Å². The Kier molecular flexibility index (Phi) is 7.56. The highest BCUT2D eigenvalue weighted by molar-refractivity contribution is 9.10. The number of hydrogen-bond donors (Lipinski definition) is 1. The highest BCUT2D eigenvalue weighted by atomic mass is 79.9. The maximum Gasteiger partial charge on any atom is 0.0468 e. The third kappa shape index (κ3) is 5.98. The predicted octanol–water partition coefficient (Wildman–Crippen LogP) is 3.81. The molecule has 0 radical (unpaired) electrons. The van der Waals surface area contributed by atoms with Gasteiger partial charge in [0.2, 0.25) is 0 Å². The minimum Gasteiger partial charge on any atom is -0.385 e. The van der Waals surface area contributed by atoms with Crippen molar-refractivity contribution in [2.24, 2.45) is 5.92 Å². The minimum absolute atomic E-state index is 0.525. The summed E-state index contributed by atoms with van der Waals surface area (Å²) in [7, 11) is 1.76. The Morgan fingerprint density at radius 1 is 1.17 bits per heavy atom. The van der Waals surface area contributed by atoms with Gasteiger partial charge in [-0.25, -0.2) is 0 Å². The zero-order valence-electron chi connectivity index (χ0n) is 11.6. The quantitative estimate of drug-likeness (QED) is 0.788. The molecule has 1 aromatic carbocycles. The van der Waals surface area contributed by atoms with Gasteiger partial charge >= 0.3 is 0 Å². The Bertz CT molecular complexity index is 324. The van der Waals surface area contributed by atoms with E-state index in [1.807, 2.05) is 0 Å². The van der Waals surface area contributed by atoms with Gasteiger partial charge in [-0.15, -0.1) is 0 Å². The standard InChI is InChI=1S/C15H24BrNO/c1-12(2)10-17-11-14(8-9-18-3)13-4-6-15(16)7-5-13/h4-7,12,14,17H,8-11H2,1-3H3. The summed E-state index contributed by atoms with van der Waals surface area (Å²) in [5, 5.41) is 3.54. The zero-order chi connectivity index (χ0) is 13.4. The van der Waals surface area contributed by atoms with E-state index in [-0.39, 0.29) is 0 Å². The van der Waals surface area contributed by atoms with Crippen LogP contribution in [0.25, 0.3) is 0 Å². The molecular weight excluding hydrogens is 290 g/mol. The fourth-order valence-corrected chi connectivity index (χ4v) is 2.19. The number of ether oxygens (including phenoxy) is 1. The summed E-state index contributed by atoms with van der Waals surface area (Å²) in [5.41, 5.74) is 1.38. The summed E-state index contributed by atoms with van der Waals surface area (Å²) >= 11 is 3.48. The van der Waals surface area contributed by atoms with Gasteiger partial charge in [-0.05, 0) is 42.5 Å². The molecule has 0 aromatic heterocycles. The lowest BCUT2D eigenvalue weighted by Crippen LogP contribution is -2.26. The fraction of sp³-hybridized carbons (Fsp3) is 0.600. The van der Waals surface area contributed by atoms with Crippen molar-refractivity contribution in [1.82, 2.24) is 5.32 Å². The first-order valence-corrected chi connectivity index (χ1v) is 7.38. The van der Waals surface area contributed by atoms with Crippen molar-refractivity contribution in [3.63, 3.8) is 0 Å². The van der Waals surface area contributed by atoms with E-state index in [2.05, 4.69) is 59.4 Å². The molecule has 0 saturated heterocycles. The highest BCUT2D eigenvalue weighted by Gasteiger charge is 2.11. The van der Waals surface area contributed by atoms with Crippen molar-refractivity contribution in [3.05, 3.63) is 34.3 Å². The lowest BCUT2D eigenvalue weighted by molar-refractivity contribution is 0.187. The molecule has 0 spiro atoms. The van der Waals surface area contributed by atoms with Gasteiger partial charge in [0.1, 0.15) is 0 Å². The first kappa shape index (κ1) is 15.7. The molecule has 1 atom stereocenters. The molecule has 2 nitrogen and oxygen atoms in total. The monoisotopic (exact) mass is 313 g/mol. The topological polar surface area (TPSA) is 21.3 Å². The second-order valence-electron chi connectivity index (χ2n) is 5.08. The smallest absolute Gasteiger partial charge is 0.0468 e. The SMILES string of the molecule is COCCC(CNCC(C)C)c1ccc(Br)cc1. The molecule has 0 fully saturated rings. The fourth-order valence-electron chi connectivity index (χ4n) is 1.93. The molecule has 1 rings (SSSR count). The van der Waals surface area contributed by atoms with Gasteiger partial charge in [0.05, 0.1) is 0 Å². The van der Waals surface area contributed by atoms with Crippen molar-refractivity contribution in [2.75, 3.05) is 26.8 Å². The molecule has 0 saturated carbocycles. The summed E-state index contributed by atoms with van der Waals surface area (Å²) in [4.78, 5) is 0. The molecule has 0 heterocycles. The predicted molar refractivity (Wildman–Crippen MR) is 81.1 cm³/mol. The number of hydrogen-bond acceptors (Lipinski definition) is 2. The van der Waals surface area contributed by atoms with Gasteiger partial charge in [0, 0.05) is 24.7 Å². The molecular formula is C15H24BrNO. The van der Waals surface area contributed by atoms with Crippen LogP contribution in [0.4, 0.5) is 0 Å². The van der Waals surface area contributed by atoms with Gasteiger partial charge in [0.25, 0.3) is 0 Å². The largest absolute Gasteiger partial charge is 0.385 e. The first-order valence-electron chi connectivity index (χ1n) is 6.58. The van der Waals surface area contributed by atoms with E-state index in [1.165, 1.54) is 5.56 Å². The van der Waals surface area contributed by atoms with Crippen LogP contribution in [0.1, 0.15) is 31.7 Å². The Hall–Kier alpha value is -0.380. The Labute approximate surface area is 119 Å². The summed E-state index contributed by atoms with van der Waals surface area (Å²) in [6, 6.07) is 8.61. The van der Waals surface area contributed by atoms with Gasteiger partial charge < -0.3 is 10.1 Å². The lowest BCUT2D eigenvalue weighted by atomic mass is 9.96. The first-order chi connectivity index (χ1) is 8.63. The molecule has 0 aliphatic heterocycles. The molecule has 0 amide bonds. The van der Waals surface area contributed by atoms with Crippen LogP contribution < -0.4 is 5.32 Å². The van der Waals surface area contributed by atoms with Gasteiger partial charge in [0.15, 0.2) is 0 Å². The Morgan fingerprint density at radius 2 is 1.83 bits per heavy atom. The van der Waals surface area contributed by atoms with E-state index in [9.17, 15) is 0 Å². The number of halogens is 1. The van der Waals surface area contributed by atoms with Crippen LogP contribution in [0.2, 0.25) is 0 Å². The maximum atomic E-state index is 5.21. The molecule has 1 N–H and O–H groups in total. The van der Waals surface area contributed by atoms with Gasteiger partial charge in [-0.3, -0.25) is 0 Å². The summed E-state index contributed by atoms with van der Waals surface area (Å²) in [6.07, 6.45) is 1.06. The van der Waals surface area contributed by atoms with Crippen LogP contribution >= 0.6 is 15.9 Å². The Morgan fingerprint density at radius 3 is 2.39 bits per heavy atom. The maximum absolute atomic E-state index is 5.21. The van der Waals surface area contributed by atoms with Crippen LogP contribution in [0.15, 0.2) is 28.7 Å². The van der Waals surface area contributed by atoms with Crippen LogP contribution in [-0.2, 0) is 4.74 Å². The van der Waals surface area contributed by atoms with Crippen LogP contribution in [0.5, 0.6) is 0 Å². The molecule has 1 aromatic rings. The summed E-state index contributed by atoms with van der Waals surface area (Å²) in [6.45, 7) is 7.36. The van der Waals surface area contributed by atoms with Crippen LogP contribution in [0, 0.1) is 5.92 Å². The zero-order valence-corrected chi connectivity index (χ0v) is 13.2. The molecule has 0 aliphatic rings. The minimum atomic E-state index is 0.525. The van der Waals surface area contributed by atoms with E-state index < -0.39 is 0 Å². The number of nitrogens with one attached hydrogen (secondary N) is 1. The number of benzene rings is 1. The number of rotatable bonds is 8. The molecule has 18 heavy (non-hydrogen) atoms. The third-order valence-electron chi connectivity index (χ3n) is 2.96. The molecule has 102 valence electrons. The highest BCUT2D eigenvalue weighted by Crippen LogP contribution is 2.21.